The fourth-order valence-corrected chi connectivity index (χ4v) is 3.63. The number of rotatable bonds is 6. The van der Waals surface area contributed by atoms with Gasteiger partial charge in [-0.1, -0.05) is 6.07 Å². The average Bonchev–Trinajstić information content (AvgIpc) is 2.93. The number of ether oxygens (including phenoxy) is 1. The van der Waals surface area contributed by atoms with Crippen molar-refractivity contribution >= 4 is 10.0 Å². The van der Waals surface area contributed by atoms with Crippen LogP contribution in [-0.2, 0) is 16.4 Å². The zero-order chi connectivity index (χ0) is 19.5. The maximum absolute atomic E-state index is 12.7. The molecule has 0 bridgehead atoms. The number of nitrogens with one attached hydrogen (secondary N) is 2. The first-order chi connectivity index (χ1) is 12.0. The number of aromatic amines is 1. The largest absolute Gasteiger partial charge is 0.573 e. The topological polar surface area (TPSA) is 95.0 Å². The van der Waals surface area contributed by atoms with Gasteiger partial charge in [-0.25, -0.2) is 13.1 Å². The van der Waals surface area contributed by atoms with Crippen LogP contribution in [0.15, 0.2) is 35.2 Å². The van der Waals surface area contributed by atoms with E-state index in [0.29, 0.717) is 11.4 Å². The Hall–Kier alpha value is -2.51. The lowest BCUT2D eigenvalue weighted by molar-refractivity contribution is -0.275. The molecule has 26 heavy (non-hydrogen) atoms. The second kappa shape index (κ2) is 7.39. The average molecular weight is 387 g/mol. The molecule has 0 fully saturated rings. The van der Waals surface area contributed by atoms with Gasteiger partial charge in [0, 0.05) is 23.0 Å². The predicted molar refractivity (Wildman–Crippen MR) is 87.7 cm³/mol. The van der Waals surface area contributed by atoms with Gasteiger partial charge in [0.1, 0.15) is 10.6 Å². The summed E-state index contributed by atoms with van der Waals surface area (Å²) in [5, 5.41) is 8.68. The molecule has 0 atom stereocenters. The number of aromatic nitrogens is 1. The van der Waals surface area contributed by atoms with Gasteiger partial charge in [-0.3, -0.25) is 0 Å². The standard InChI is InChI=1S/C16H16F3N3O3S/c1-10(2)22-26(23,24)15-6-3-11(9-14(15)25-16(17,18)19)13-5-4-12(21-13)7-8-20/h3-6,9-10,21-22H,7H2,1-2H3. The maximum atomic E-state index is 12.7. The molecule has 10 heteroatoms. The Morgan fingerprint density at radius 2 is 1.96 bits per heavy atom. The van der Waals surface area contributed by atoms with Crippen molar-refractivity contribution in [3.8, 4) is 23.1 Å². The maximum Gasteiger partial charge on any atom is 0.573 e. The van der Waals surface area contributed by atoms with Crippen LogP contribution in [0.2, 0.25) is 0 Å². The van der Waals surface area contributed by atoms with E-state index in [4.69, 9.17) is 5.26 Å². The molecule has 6 nitrogen and oxygen atoms in total. The van der Waals surface area contributed by atoms with Crippen molar-refractivity contribution in [1.82, 2.24) is 9.71 Å². The Bertz CT molecular complexity index is 928. The summed E-state index contributed by atoms with van der Waals surface area (Å²) in [5.41, 5.74) is 1.30. The number of benzene rings is 1. The summed E-state index contributed by atoms with van der Waals surface area (Å²) in [6, 6.07) is 8.04. The van der Waals surface area contributed by atoms with Crippen LogP contribution in [-0.4, -0.2) is 25.8 Å². The second-order valence-corrected chi connectivity index (χ2v) is 7.40. The van der Waals surface area contributed by atoms with Crippen molar-refractivity contribution in [2.45, 2.75) is 37.6 Å². The van der Waals surface area contributed by atoms with E-state index >= 15 is 0 Å². The van der Waals surface area contributed by atoms with Crippen molar-refractivity contribution in [2.75, 3.05) is 0 Å². The van der Waals surface area contributed by atoms with Gasteiger partial charge in [-0.15, -0.1) is 13.2 Å². The molecule has 0 amide bonds. The first kappa shape index (κ1) is 19.8. The highest BCUT2D eigenvalue weighted by atomic mass is 32.2. The summed E-state index contributed by atoms with van der Waals surface area (Å²) in [4.78, 5) is 2.27. The molecule has 0 unspecified atom stereocenters. The van der Waals surface area contributed by atoms with Gasteiger partial charge in [-0.2, -0.15) is 5.26 Å². The number of halogens is 3. The number of H-pyrrole nitrogens is 1. The zero-order valence-corrected chi connectivity index (χ0v) is 14.7. The van der Waals surface area contributed by atoms with Crippen LogP contribution in [0.25, 0.3) is 11.3 Å². The van der Waals surface area contributed by atoms with E-state index in [2.05, 4.69) is 14.4 Å². The molecule has 0 saturated heterocycles. The molecule has 1 aromatic carbocycles. The third-order valence-corrected chi connectivity index (χ3v) is 4.87. The van der Waals surface area contributed by atoms with Crippen LogP contribution in [0.3, 0.4) is 0 Å². The Kier molecular flexibility index (Phi) is 5.63. The van der Waals surface area contributed by atoms with E-state index < -0.39 is 33.1 Å². The van der Waals surface area contributed by atoms with E-state index in [0.717, 1.165) is 12.1 Å². The molecule has 1 heterocycles. The van der Waals surface area contributed by atoms with Crippen molar-refractivity contribution in [2.24, 2.45) is 0 Å². The number of hydrogen-bond acceptors (Lipinski definition) is 4. The Balaban J connectivity index is 2.52. The minimum absolute atomic E-state index is 0.108. The third-order valence-electron chi connectivity index (χ3n) is 3.18. The van der Waals surface area contributed by atoms with Crippen molar-refractivity contribution in [3.63, 3.8) is 0 Å². The van der Waals surface area contributed by atoms with Crippen LogP contribution in [0.1, 0.15) is 19.5 Å². The Morgan fingerprint density at radius 1 is 1.27 bits per heavy atom. The molecule has 140 valence electrons. The molecule has 2 N–H and O–H groups in total. The molecule has 0 saturated carbocycles. The summed E-state index contributed by atoms with van der Waals surface area (Å²) in [7, 11) is -4.19. The van der Waals surface area contributed by atoms with E-state index in [-0.39, 0.29) is 12.0 Å². The van der Waals surface area contributed by atoms with Crippen LogP contribution in [0.4, 0.5) is 13.2 Å². The number of hydrogen-bond donors (Lipinski definition) is 2. The SMILES string of the molecule is CC(C)NS(=O)(=O)c1ccc(-c2ccc(CC#N)[nH]2)cc1OC(F)(F)F. The lowest BCUT2D eigenvalue weighted by atomic mass is 10.1. The molecule has 2 rings (SSSR count). The molecule has 2 aromatic rings. The van der Waals surface area contributed by atoms with Crippen LogP contribution < -0.4 is 9.46 Å². The molecule has 0 aliphatic carbocycles. The van der Waals surface area contributed by atoms with Crippen molar-refractivity contribution in [3.05, 3.63) is 36.0 Å². The zero-order valence-electron chi connectivity index (χ0n) is 13.9. The van der Waals surface area contributed by atoms with Gasteiger partial charge < -0.3 is 9.72 Å². The first-order valence-corrected chi connectivity index (χ1v) is 8.97. The predicted octanol–water partition coefficient (Wildman–Crippen LogP) is 3.33. The minimum atomic E-state index is -5.05. The summed E-state index contributed by atoms with van der Waals surface area (Å²) >= 11 is 0. The van der Waals surface area contributed by atoms with Gasteiger partial charge in [0.15, 0.2) is 0 Å². The lowest BCUT2D eigenvalue weighted by Crippen LogP contribution is -2.31. The summed E-state index contributed by atoms with van der Waals surface area (Å²) < 4.78 is 68.9. The molecular weight excluding hydrogens is 371 g/mol. The molecule has 0 aliphatic heterocycles. The molecule has 0 radical (unpaired) electrons. The van der Waals surface area contributed by atoms with Crippen LogP contribution in [0, 0.1) is 11.3 Å². The normalized spacial score (nSPS) is 12.2. The summed E-state index contributed by atoms with van der Waals surface area (Å²) in [5.74, 6) is -0.834. The number of nitrogens with zero attached hydrogens (tertiary/aromatic N) is 1. The number of nitriles is 1. The quantitative estimate of drug-likeness (QED) is 0.795. The van der Waals surface area contributed by atoms with Crippen molar-refractivity contribution in [1.29, 1.82) is 5.26 Å². The third kappa shape index (κ3) is 5.00. The first-order valence-electron chi connectivity index (χ1n) is 7.49. The van der Waals surface area contributed by atoms with Crippen LogP contribution >= 0.6 is 0 Å². The highest BCUT2D eigenvalue weighted by Crippen LogP contribution is 2.33. The highest BCUT2D eigenvalue weighted by molar-refractivity contribution is 7.89. The van der Waals surface area contributed by atoms with Crippen LogP contribution in [0.5, 0.6) is 5.75 Å². The van der Waals surface area contributed by atoms with Gasteiger partial charge in [0.2, 0.25) is 10.0 Å². The minimum Gasteiger partial charge on any atom is -0.404 e. The molecule has 1 aromatic heterocycles. The summed E-state index contributed by atoms with van der Waals surface area (Å²) in [6.07, 6.45) is -4.95. The smallest absolute Gasteiger partial charge is 0.404 e. The highest BCUT2D eigenvalue weighted by Gasteiger charge is 2.34. The molecule has 0 spiro atoms. The Morgan fingerprint density at radius 3 is 2.54 bits per heavy atom. The molecule has 0 aliphatic rings. The summed E-state index contributed by atoms with van der Waals surface area (Å²) in [6.45, 7) is 3.09. The molecular formula is C16H16F3N3O3S. The van der Waals surface area contributed by atoms with E-state index in [1.807, 2.05) is 6.07 Å². The van der Waals surface area contributed by atoms with E-state index in [1.54, 1.807) is 26.0 Å². The lowest BCUT2D eigenvalue weighted by Gasteiger charge is -2.16. The van der Waals surface area contributed by atoms with Gasteiger partial charge in [0.05, 0.1) is 12.5 Å². The monoisotopic (exact) mass is 387 g/mol. The fourth-order valence-electron chi connectivity index (χ4n) is 2.27. The number of alkyl halides is 3. The fraction of sp³-hybridized carbons (Fsp3) is 0.312. The van der Waals surface area contributed by atoms with Gasteiger partial charge in [-0.05, 0) is 38.1 Å². The van der Waals surface area contributed by atoms with Crippen molar-refractivity contribution < 1.29 is 26.3 Å². The Labute approximate surface area is 148 Å². The van der Waals surface area contributed by atoms with E-state index in [9.17, 15) is 21.6 Å². The van der Waals surface area contributed by atoms with Gasteiger partial charge in [0.25, 0.3) is 0 Å². The second-order valence-electron chi connectivity index (χ2n) is 5.72. The van der Waals surface area contributed by atoms with Gasteiger partial charge >= 0.3 is 6.36 Å². The number of sulfonamides is 1. The van der Waals surface area contributed by atoms with E-state index in [1.165, 1.54) is 6.07 Å².